The highest BCUT2D eigenvalue weighted by atomic mass is 35.5. The molecule has 1 N–H and O–H groups in total. The molecule has 0 saturated carbocycles. The van der Waals surface area contributed by atoms with Gasteiger partial charge in [0.1, 0.15) is 13.7 Å². The number of rotatable bonds is 6. The molecule has 1 fully saturated rings. The standard InChI is InChI=1S/C23H24BClN6O2S/c24-20-15-28-31-22(27-14-16-3-2-8-26-13-16)12-21(29-23(20)31)17-6-9-30(10-7-17)34(32,33)19-5-1-4-18(25)11-19/h1-5,8,11-13,15,17,27H,6-7,9-10,14,24H2. The van der Waals surface area contributed by atoms with Crippen molar-refractivity contribution in [2.24, 2.45) is 0 Å². The summed E-state index contributed by atoms with van der Waals surface area (Å²) in [7, 11) is -1.58. The van der Waals surface area contributed by atoms with Crippen molar-refractivity contribution in [2.75, 3.05) is 18.4 Å². The van der Waals surface area contributed by atoms with E-state index in [0.717, 1.165) is 28.2 Å². The minimum absolute atomic E-state index is 0.157. The molecule has 34 heavy (non-hydrogen) atoms. The maximum absolute atomic E-state index is 13.1. The molecule has 1 aromatic carbocycles. The Morgan fingerprint density at radius 2 is 1.94 bits per heavy atom. The summed E-state index contributed by atoms with van der Waals surface area (Å²) in [4.78, 5) is 9.30. The molecule has 0 bridgehead atoms. The Morgan fingerprint density at radius 3 is 2.68 bits per heavy atom. The van der Waals surface area contributed by atoms with Crippen molar-refractivity contribution in [3.8, 4) is 0 Å². The molecule has 0 radical (unpaired) electrons. The van der Waals surface area contributed by atoms with E-state index in [4.69, 9.17) is 16.6 Å². The van der Waals surface area contributed by atoms with Gasteiger partial charge in [0.15, 0.2) is 5.65 Å². The number of sulfonamides is 1. The van der Waals surface area contributed by atoms with E-state index in [1.54, 1.807) is 28.7 Å². The van der Waals surface area contributed by atoms with Crippen LogP contribution in [0.15, 0.2) is 66.0 Å². The molecule has 4 heterocycles. The van der Waals surface area contributed by atoms with Gasteiger partial charge in [-0.3, -0.25) is 4.98 Å². The molecular formula is C23H24BClN6O2S. The van der Waals surface area contributed by atoms with Crippen LogP contribution >= 0.6 is 11.6 Å². The summed E-state index contributed by atoms with van der Waals surface area (Å²) in [6.45, 7) is 1.48. The fraction of sp³-hybridized carbons (Fsp3) is 0.261. The van der Waals surface area contributed by atoms with E-state index < -0.39 is 10.0 Å². The number of fused-ring (bicyclic) bond motifs is 1. The molecule has 174 valence electrons. The lowest BCUT2D eigenvalue weighted by Crippen LogP contribution is -2.38. The highest BCUT2D eigenvalue weighted by Crippen LogP contribution is 2.31. The molecule has 1 saturated heterocycles. The van der Waals surface area contributed by atoms with Crippen molar-refractivity contribution >= 4 is 46.4 Å². The van der Waals surface area contributed by atoms with Gasteiger partial charge in [-0.25, -0.2) is 13.4 Å². The number of hydrogen-bond acceptors (Lipinski definition) is 6. The van der Waals surface area contributed by atoms with Crippen molar-refractivity contribution in [3.05, 3.63) is 77.3 Å². The maximum atomic E-state index is 13.1. The zero-order valence-electron chi connectivity index (χ0n) is 18.7. The average molecular weight is 495 g/mol. The number of halogens is 1. The lowest BCUT2D eigenvalue weighted by Gasteiger charge is -2.31. The van der Waals surface area contributed by atoms with E-state index in [1.165, 1.54) is 6.07 Å². The first-order valence-corrected chi connectivity index (χ1v) is 13.0. The second-order valence-electron chi connectivity index (χ2n) is 8.48. The van der Waals surface area contributed by atoms with Gasteiger partial charge in [0.2, 0.25) is 10.0 Å². The van der Waals surface area contributed by atoms with E-state index in [0.29, 0.717) is 37.5 Å². The number of piperidine rings is 1. The summed E-state index contributed by atoms with van der Waals surface area (Å²) in [6, 6.07) is 12.4. The quantitative estimate of drug-likeness (QED) is 0.413. The number of benzene rings is 1. The van der Waals surface area contributed by atoms with Crippen LogP contribution in [0.1, 0.15) is 30.0 Å². The summed E-state index contributed by atoms with van der Waals surface area (Å²) in [5.41, 5.74) is 3.81. The Bertz CT molecular complexity index is 1420. The van der Waals surface area contributed by atoms with E-state index in [1.807, 2.05) is 43.0 Å². The van der Waals surface area contributed by atoms with Gasteiger partial charge in [-0.1, -0.05) is 23.7 Å². The lowest BCUT2D eigenvalue weighted by atomic mass is 9.94. The van der Waals surface area contributed by atoms with Crippen LogP contribution in [-0.4, -0.2) is 53.2 Å². The first kappa shape index (κ1) is 22.8. The van der Waals surface area contributed by atoms with Crippen LogP contribution in [0, 0.1) is 0 Å². The van der Waals surface area contributed by atoms with E-state index >= 15 is 0 Å². The van der Waals surface area contributed by atoms with Gasteiger partial charge < -0.3 is 5.32 Å². The second-order valence-corrected chi connectivity index (χ2v) is 10.9. The van der Waals surface area contributed by atoms with E-state index in [9.17, 15) is 8.42 Å². The average Bonchev–Trinajstić information content (AvgIpc) is 3.24. The van der Waals surface area contributed by atoms with Crippen LogP contribution in [0.3, 0.4) is 0 Å². The molecule has 4 aromatic rings. The minimum Gasteiger partial charge on any atom is -0.366 e. The predicted molar refractivity (Wildman–Crippen MR) is 135 cm³/mol. The van der Waals surface area contributed by atoms with Gasteiger partial charge >= 0.3 is 0 Å². The van der Waals surface area contributed by atoms with Gasteiger partial charge in [-0.05, 0) is 48.1 Å². The Balaban J connectivity index is 1.36. The third-order valence-corrected chi connectivity index (χ3v) is 8.30. The number of aromatic nitrogens is 4. The largest absolute Gasteiger partial charge is 0.366 e. The third-order valence-electron chi connectivity index (χ3n) is 6.17. The SMILES string of the molecule is Bc1cnn2c(NCc3cccnc3)cc(C3CCN(S(=O)(=O)c4cccc(Cl)c4)CC3)nc12. The first-order valence-electron chi connectivity index (χ1n) is 11.2. The summed E-state index contributed by atoms with van der Waals surface area (Å²) >= 11 is 6.02. The van der Waals surface area contributed by atoms with Gasteiger partial charge in [-0.2, -0.15) is 13.9 Å². The summed E-state index contributed by atoms with van der Waals surface area (Å²) < 4.78 is 29.5. The lowest BCUT2D eigenvalue weighted by molar-refractivity contribution is 0.317. The zero-order valence-corrected chi connectivity index (χ0v) is 20.3. The molecule has 1 aliphatic heterocycles. The van der Waals surface area contributed by atoms with E-state index in [2.05, 4.69) is 15.4 Å². The smallest absolute Gasteiger partial charge is 0.243 e. The summed E-state index contributed by atoms with van der Waals surface area (Å²) in [5.74, 6) is 1.01. The molecule has 0 atom stereocenters. The molecule has 1 aliphatic rings. The normalized spacial score (nSPS) is 15.6. The number of anilines is 1. The monoisotopic (exact) mass is 494 g/mol. The second kappa shape index (κ2) is 9.36. The van der Waals surface area contributed by atoms with Crippen molar-refractivity contribution in [1.82, 2.24) is 23.9 Å². The van der Waals surface area contributed by atoms with Gasteiger partial charge in [0.05, 0.1) is 4.90 Å². The highest BCUT2D eigenvalue weighted by Gasteiger charge is 2.31. The molecule has 5 rings (SSSR count). The minimum atomic E-state index is -3.57. The number of hydrogen-bond donors (Lipinski definition) is 1. The number of nitrogens with zero attached hydrogens (tertiary/aromatic N) is 5. The fourth-order valence-corrected chi connectivity index (χ4v) is 6.06. The molecular weight excluding hydrogens is 471 g/mol. The predicted octanol–water partition coefficient (Wildman–Crippen LogP) is 2.22. The van der Waals surface area contributed by atoms with Crippen molar-refractivity contribution in [1.29, 1.82) is 0 Å². The topological polar surface area (TPSA) is 92.5 Å². The van der Waals surface area contributed by atoms with Crippen LogP contribution in [0.2, 0.25) is 5.02 Å². The van der Waals surface area contributed by atoms with E-state index in [-0.39, 0.29) is 10.8 Å². The molecule has 0 amide bonds. The Hall–Kier alpha value is -2.95. The van der Waals surface area contributed by atoms with Crippen molar-refractivity contribution in [2.45, 2.75) is 30.2 Å². The third kappa shape index (κ3) is 4.53. The zero-order chi connectivity index (χ0) is 23.7. The summed E-state index contributed by atoms with van der Waals surface area (Å²) in [5, 5.41) is 8.35. The molecule has 0 spiro atoms. The Labute approximate surface area is 204 Å². The van der Waals surface area contributed by atoms with Crippen LogP contribution in [0.5, 0.6) is 0 Å². The van der Waals surface area contributed by atoms with Crippen LogP contribution in [-0.2, 0) is 16.6 Å². The van der Waals surface area contributed by atoms with Gasteiger partial charge in [0.25, 0.3) is 0 Å². The highest BCUT2D eigenvalue weighted by molar-refractivity contribution is 7.89. The Morgan fingerprint density at radius 1 is 1.12 bits per heavy atom. The summed E-state index contributed by atoms with van der Waals surface area (Å²) in [6.07, 6.45) is 6.77. The Kier molecular flexibility index (Phi) is 6.29. The number of nitrogens with one attached hydrogen (secondary N) is 1. The fourth-order valence-electron chi connectivity index (χ4n) is 4.29. The van der Waals surface area contributed by atoms with Gasteiger partial charge in [0, 0.05) is 60.9 Å². The molecule has 3 aromatic heterocycles. The molecule has 8 nitrogen and oxygen atoms in total. The molecule has 0 unspecified atom stereocenters. The van der Waals surface area contributed by atoms with Crippen molar-refractivity contribution in [3.63, 3.8) is 0 Å². The molecule has 11 heteroatoms. The first-order chi connectivity index (χ1) is 16.4. The number of pyridine rings is 1. The van der Waals surface area contributed by atoms with Crippen LogP contribution in [0.4, 0.5) is 5.82 Å². The maximum Gasteiger partial charge on any atom is 0.243 e. The van der Waals surface area contributed by atoms with Crippen LogP contribution in [0.25, 0.3) is 5.65 Å². The van der Waals surface area contributed by atoms with Crippen molar-refractivity contribution < 1.29 is 8.42 Å². The van der Waals surface area contributed by atoms with Gasteiger partial charge in [-0.15, -0.1) is 0 Å². The van der Waals surface area contributed by atoms with Crippen LogP contribution < -0.4 is 10.8 Å². The molecule has 0 aliphatic carbocycles.